The molecule has 0 heterocycles. The zero-order valence-electron chi connectivity index (χ0n) is 10.5. The highest BCUT2D eigenvalue weighted by Gasteiger charge is 2.00. The monoisotopic (exact) mass is 246 g/mol. The summed E-state index contributed by atoms with van der Waals surface area (Å²) >= 11 is 0. The van der Waals surface area contributed by atoms with Gasteiger partial charge in [-0.05, 0) is 25.0 Å². The summed E-state index contributed by atoms with van der Waals surface area (Å²) in [5.41, 5.74) is 1.31. The minimum atomic E-state index is -0.350. The lowest BCUT2D eigenvalue weighted by molar-refractivity contribution is -0.105. The highest BCUT2D eigenvalue weighted by atomic mass is 16.2. The molecule has 1 aromatic rings. The van der Waals surface area contributed by atoms with E-state index < -0.39 is 0 Å². The molecule has 0 aliphatic carbocycles. The Kier molecular flexibility index (Phi) is 6.25. The normalized spacial score (nSPS) is 10.8. The molecule has 1 aromatic carbocycles. The number of rotatable bonds is 6. The van der Waals surface area contributed by atoms with Gasteiger partial charge >= 0.3 is 6.03 Å². The molecule has 0 unspecified atom stereocenters. The number of allylic oxidation sites excluding steroid dienone is 1. The lowest BCUT2D eigenvalue weighted by Crippen LogP contribution is -2.24. The van der Waals surface area contributed by atoms with Crippen LogP contribution in [0.25, 0.3) is 0 Å². The molecule has 1 rings (SSSR count). The molecule has 0 atom stereocenters. The van der Waals surface area contributed by atoms with Crippen molar-refractivity contribution in [3.63, 3.8) is 0 Å². The van der Waals surface area contributed by atoms with Gasteiger partial charge in [-0.3, -0.25) is 4.79 Å². The second-order valence-electron chi connectivity index (χ2n) is 3.91. The van der Waals surface area contributed by atoms with Crippen LogP contribution in [0.5, 0.6) is 0 Å². The van der Waals surface area contributed by atoms with Gasteiger partial charge in [0.2, 0.25) is 0 Å². The Morgan fingerprint density at radius 3 is 2.61 bits per heavy atom. The molecule has 2 amide bonds. The average molecular weight is 246 g/mol. The van der Waals surface area contributed by atoms with Crippen LogP contribution in [-0.4, -0.2) is 12.3 Å². The summed E-state index contributed by atoms with van der Waals surface area (Å²) in [7, 11) is 0. The van der Waals surface area contributed by atoms with Gasteiger partial charge in [-0.2, -0.15) is 0 Å². The molecule has 0 spiro atoms. The SMILES string of the molecule is CCCC/C(C=O)=C\NC(=O)Nc1ccccc1. The van der Waals surface area contributed by atoms with Gasteiger partial charge in [0.1, 0.15) is 6.29 Å². The Morgan fingerprint density at radius 2 is 2.00 bits per heavy atom. The Hall–Kier alpha value is -2.10. The molecule has 0 saturated heterocycles. The number of hydrogen-bond donors (Lipinski definition) is 2. The van der Waals surface area contributed by atoms with Crippen LogP contribution in [0.2, 0.25) is 0 Å². The van der Waals surface area contributed by atoms with Gasteiger partial charge in [-0.25, -0.2) is 4.79 Å². The van der Waals surface area contributed by atoms with E-state index in [9.17, 15) is 9.59 Å². The molecule has 2 N–H and O–H groups in total. The number of para-hydroxylation sites is 1. The first-order chi connectivity index (χ1) is 8.76. The van der Waals surface area contributed by atoms with E-state index in [4.69, 9.17) is 0 Å². The number of hydrogen-bond acceptors (Lipinski definition) is 2. The fourth-order valence-corrected chi connectivity index (χ4v) is 1.39. The maximum absolute atomic E-state index is 11.5. The quantitative estimate of drug-likeness (QED) is 0.598. The highest BCUT2D eigenvalue weighted by molar-refractivity contribution is 5.90. The number of amides is 2. The van der Waals surface area contributed by atoms with Crippen molar-refractivity contribution in [3.8, 4) is 0 Å². The number of carbonyl (C=O) groups is 2. The van der Waals surface area contributed by atoms with Gasteiger partial charge < -0.3 is 10.6 Å². The van der Waals surface area contributed by atoms with E-state index in [0.717, 1.165) is 19.1 Å². The molecular formula is C14H18N2O2. The van der Waals surface area contributed by atoms with Crippen molar-refractivity contribution in [2.24, 2.45) is 0 Å². The molecule has 4 heteroatoms. The number of urea groups is 1. The molecule has 0 fully saturated rings. The number of aldehydes is 1. The second-order valence-corrected chi connectivity index (χ2v) is 3.91. The molecule has 0 bridgehead atoms. The third-order valence-corrected chi connectivity index (χ3v) is 2.39. The van der Waals surface area contributed by atoms with E-state index in [-0.39, 0.29) is 6.03 Å². The van der Waals surface area contributed by atoms with Crippen LogP contribution in [0.4, 0.5) is 10.5 Å². The lowest BCUT2D eigenvalue weighted by Gasteiger charge is -2.05. The van der Waals surface area contributed by atoms with Crippen molar-refractivity contribution < 1.29 is 9.59 Å². The molecule has 0 aliphatic heterocycles. The number of unbranched alkanes of at least 4 members (excludes halogenated alkanes) is 1. The van der Waals surface area contributed by atoms with Crippen molar-refractivity contribution >= 4 is 18.0 Å². The zero-order chi connectivity index (χ0) is 13.2. The third kappa shape index (κ3) is 5.30. The molecule has 0 aliphatic rings. The Bertz CT molecular complexity index is 413. The summed E-state index contributed by atoms with van der Waals surface area (Å²) in [4.78, 5) is 22.3. The molecule has 18 heavy (non-hydrogen) atoms. The summed E-state index contributed by atoms with van der Waals surface area (Å²) in [6, 6.07) is 8.78. The van der Waals surface area contributed by atoms with Crippen molar-refractivity contribution in [2.45, 2.75) is 26.2 Å². The summed E-state index contributed by atoms with van der Waals surface area (Å²) < 4.78 is 0. The molecule has 0 saturated carbocycles. The van der Waals surface area contributed by atoms with Crippen LogP contribution in [0.15, 0.2) is 42.1 Å². The number of nitrogens with one attached hydrogen (secondary N) is 2. The standard InChI is InChI=1S/C14H18N2O2/c1-2-3-7-12(11-17)10-15-14(18)16-13-8-5-4-6-9-13/h4-6,8-11H,2-3,7H2,1H3,(H2,15,16,18)/b12-10+. The first-order valence-corrected chi connectivity index (χ1v) is 6.03. The van der Waals surface area contributed by atoms with Gasteiger partial charge in [-0.1, -0.05) is 31.5 Å². The fraction of sp³-hybridized carbons (Fsp3) is 0.286. The Balaban J connectivity index is 2.44. The van der Waals surface area contributed by atoms with Crippen molar-refractivity contribution in [1.29, 1.82) is 0 Å². The minimum Gasteiger partial charge on any atom is -0.314 e. The third-order valence-electron chi connectivity index (χ3n) is 2.39. The van der Waals surface area contributed by atoms with E-state index >= 15 is 0 Å². The Morgan fingerprint density at radius 1 is 1.28 bits per heavy atom. The fourth-order valence-electron chi connectivity index (χ4n) is 1.39. The summed E-state index contributed by atoms with van der Waals surface area (Å²) in [5, 5.41) is 5.21. The van der Waals surface area contributed by atoms with Crippen LogP contribution < -0.4 is 10.6 Å². The zero-order valence-corrected chi connectivity index (χ0v) is 10.5. The summed E-state index contributed by atoms with van der Waals surface area (Å²) in [6.45, 7) is 2.05. The topological polar surface area (TPSA) is 58.2 Å². The molecule has 0 aromatic heterocycles. The highest BCUT2D eigenvalue weighted by Crippen LogP contribution is 2.05. The van der Waals surface area contributed by atoms with Crippen LogP contribution in [0, 0.1) is 0 Å². The van der Waals surface area contributed by atoms with E-state index in [1.54, 1.807) is 12.1 Å². The van der Waals surface area contributed by atoms with Crippen LogP contribution in [-0.2, 0) is 4.79 Å². The van der Waals surface area contributed by atoms with Crippen molar-refractivity contribution in [1.82, 2.24) is 5.32 Å². The van der Waals surface area contributed by atoms with Crippen LogP contribution >= 0.6 is 0 Å². The number of carbonyl (C=O) groups excluding carboxylic acids is 2. The van der Waals surface area contributed by atoms with Crippen LogP contribution in [0.1, 0.15) is 26.2 Å². The van der Waals surface area contributed by atoms with Gasteiger partial charge in [-0.15, -0.1) is 0 Å². The second kappa shape index (κ2) is 8.06. The average Bonchev–Trinajstić information content (AvgIpc) is 2.40. The predicted molar refractivity (Wildman–Crippen MR) is 72.3 cm³/mol. The number of anilines is 1. The lowest BCUT2D eigenvalue weighted by atomic mass is 10.1. The first-order valence-electron chi connectivity index (χ1n) is 6.03. The molecule has 4 nitrogen and oxygen atoms in total. The molecular weight excluding hydrogens is 228 g/mol. The van der Waals surface area contributed by atoms with E-state index in [0.29, 0.717) is 17.7 Å². The molecule has 96 valence electrons. The van der Waals surface area contributed by atoms with Gasteiger partial charge in [0, 0.05) is 17.5 Å². The smallest absolute Gasteiger partial charge is 0.314 e. The van der Waals surface area contributed by atoms with Gasteiger partial charge in [0.15, 0.2) is 0 Å². The van der Waals surface area contributed by atoms with Gasteiger partial charge in [0.25, 0.3) is 0 Å². The number of benzene rings is 1. The largest absolute Gasteiger partial charge is 0.323 e. The molecule has 0 radical (unpaired) electrons. The van der Waals surface area contributed by atoms with Gasteiger partial charge in [0.05, 0.1) is 0 Å². The minimum absolute atomic E-state index is 0.350. The predicted octanol–water partition coefficient (Wildman–Crippen LogP) is 3.08. The van der Waals surface area contributed by atoms with E-state index in [1.165, 1.54) is 6.20 Å². The Labute approximate surface area is 107 Å². The maximum Gasteiger partial charge on any atom is 0.323 e. The summed E-state index contributed by atoms with van der Waals surface area (Å²) in [5.74, 6) is 0. The van der Waals surface area contributed by atoms with E-state index in [1.807, 2.05) is 18.2 Å². The van der Waals surface area contributed by atoms with Crippen LogP contribution in [0.3, 0.4) is 0 Å². The van der Waals surface area contributed by atoms with Crippen molar-refractivity contribution in [3.05, 3.63) is 42.1 Å². The van der Waals surface area contributed by atoms with Crippen molar-refractivity contribution in [2.75, 3.05) is 5.32 Å². The first kappa shape index (κ1) is 14.0. The summed E-state index contributed by atoms with van der Waals surface area (Å²) in [6.07, 6.45) is 4.87. The van der Waals surface area contributed by atoms with E-state index in [2.05, 4.69) is 17.6 Å². The maximum atomic E-state index is 11.5.